The Bertz CT molecular complexity index is 1040. The molecule has 4 nitrogen and oxygen atoms in total. The number of anilines is 3. The average Bonchev–Trinajstić information content (AvgIpc) is 3.16. The highest BCUT2D eigenvalue weighted by Crippen LogP contribution is 2.26. The second-order valence-corrected chi connectivity index (χ2v) is 7.32. The van der Waals surface area contributed by atoms with Gasteiger partial charge in [0.15, 0.2) is 0 Å². The first-order valence-corrected chi connectivity index (χ1v) is 9.44. The molecule has 0 aliphatic heterocycles. The molecule has 0 amide bonds. The van der Waals surface area contributed by atoms with Gasteiger partial charge in [0.1, 0.15) is 5.82 Å². The van der Waals surface area contributed by atoms with Crippen molar-refractivity contribution in [3.05, 3.63) is 76.0 Å². The van der Waals surface area contributed by atoms with Crippen LogP contribution in [0, 0.1) is 13.8 Å². The summed E-state index contributed by atoms with van der Waals surface area (Å²) in [6.45, 7) is 4.93. The van der Waals surface area contributed by atoms with Crippen LogP contribution in [0.5, 0.6) is 0 Å². The molecule has 0 bridgehead atoms. The Kier molecular flexibility index (Phi) is 4.54. The molecule has 0 atom stereocenters. The van der Waals surface area contributed by atoms with Crippen molar-refractivity contribution in [2.45, 2.75) is 20.4 Å². The molecule has 0 aliphatic rings. The largest absolute Gasteiger partial charge is 0.364 e. The number of nitrogens with zero attached hydrogens (tertiary/aromatic N) is 2. The van der Waals surface area contributed by atoms with Crippen molar-refractivity contribution >= 4 is 39.7 Å². The molecule has 0 unspecified atom stereocenters. The molecule has 2 heterocycles. The van der Waals surface area contributed by atoms with E-state index in [0.717, 1.165) is 29.0 Å². The van der Waals surface area contributed by atoms with Gasteiger partial charge in [0.25, 0.3) is 0 Å². The Balaban J connectivity index is 1.68. The summed E-state index contributed by atoms with van der Waals surface area (Å²) in [5.41, 5.74) is 4.36. The highest BCUT2D eigenvalue weighted by Gasteiger charge is 2.09. The van der Waals surface area contributed by atoms with Gasteiger partial charge in [-0.1, -0.05) is 35.9 Å². The van der Waals surface area contributed by atoms with E-state index in [2.05, 4.69) is 65.2 Å². The molecule has 2 aromatic carbocycles. The first-order chi connectivity index (χ1) is 12.7. The van der Waals surface area contributed by atoms with Gasteiger partial charge in [0.05, 0.1) is 12.1 Å². The van der Waals surface area contributed by atoms with Crippen LogP contribution >= 0.6 is 11.3 Å². The van der Waals surface area contributed by atoms with Crippen molar-refractivity contribution in [1.82, 2.24) is 9.97 Å². The van der Waals surface area contributed by atoms with Gasteiger partial charge in [0.2, 0.25) is 5.95 Å². The van der Waals surface area contributed by atoms with Crippen molar-refractivity contribution < 1.29 is 0 Å². The van der Waals surface area contributed by atoms with Crippen molar-refractivity contribution in [2.24, 2.45) is 0 Å². The third-order valence-electron chi connectivity index (χ3n) is 4.24. The molecule has 0 saturated heterocycles. The van der Waals surface area contributed by atoms with Crippen LogP contribution in [0.3, 0.4) is 0 Å². The maximum absolute atomic E-state index is 4.73. The molecule has 0 aliphatic carbocycles. The van der Waals surface area contributed by atoms with Gasteiger partial charge in [-0.3, -0.25) is 0 Å². The zero-order valence-electron chi connectivity index (χ0n) is 14.8. The van der Waals surface area contributed by atoms with E-state index in [-0.39, 0.29) is 0 Å². The lowest BCUT2D eigenvalue weighted by atomic mass is 10.1. The lowest BCUT2D eigenvalue weighted by molar-refractivity contribution is 1.13. The molecule has 26 heavy (non-hydrogen) atoms. The van der Waals surface area contributed by atoms with Gasteiger partial charge in [-0.15, -0.1) is 11.3 Å². The maximum atomic E-state index is 4.73. The molecule has 0 spiro atoms. The number of para-hydroxylation sites is 1. The van der Waals surface area contributed by atoms with E-state index in [1.807, 2.05) is 24.3 Å². The Morgan fingerprint density at radius 2 is 1.85 bits per heavy atom. The fraction of sp³-hybridized carbons (Fsp3) is 0.143. The van der Waals surface area contributed by atoms with Crippen LogP contribution in [-0.4, -0.2) is 9.97 Å². The Morgan fingerprint density at radius 1 is 0.962 bits per heavy atom. The molecular formula is C21H20N4S. The quantitative estimate of drug-likeness (QED) is 0.482. The van der Waals surface area contributed by atoms with Crippen molar-refractivity contribution in [3.63, 3.8) is 0 Å². The van der Waals surface area contributed by atoms with Crippen LogP contribution in [-0.2, 0) is 6.54 Å². The van der Waals surface area contributed by atoms with E-state index in [0.29, 0.717) is 5.95 Å². The number of aryl methyl sites for hydroxylation is 2. The smallest absolute Gasteiger partial charge is 0.229 e. The van der Waals surface area contributed by atoms with Gasteiger partial charge in [-0.05, 0) is 49.1 Å². The van der Waals surface area contributed by atoms with Crippen molar-refractivity contribution in [1.29, 1.82) is 0 Å². The van der Waals surface area contributed by atoms with Crippen LogP contribution in [0.4, 0.5) is 17.5 Å². The fourth-order valence-electron chi connectivity index (χ4n) is 2.93. The fourth-order valence-corrected chi connectivity index (χ4v) is 3.57. The molecule has 130 valence electrons. The first kappa shape index (κ1) is 16.5. The molecule has 4 aromatic rings. The standard InChI is InChI=1S/C21H20N4S/c1-14-9-10-18(15(2)12-14)23-21-24-19-8-4-3-7-17(19)20(25-21)22-13-16-6-5-11-26-16/h3-12H,13H2,1-2H3,(H2,22,23,24,25). The number of aromatic nitrogens is 2. The van der Waals surface area contributed by atoms with Crippen molar-refractivity contribution in [2.75, 3.05) is 10.6 Å². The lowest BCUT2D eigenvalue weighted by Crippen LogP contribution is -2.05. The Morgan fingerprint density at radius 3 is 2.65 bits per heavy atom. The first-order valence-electron chi connectivity index (χ1n) is 8.56. The minimum Gasteiger partial charge on any atom is -0.364 e. The predicted molar refractivity (Wildman–Crippen MR) is 110 cm³/mol. The predicted octanol–water partition coefficient (Wildman–Crippen LogP) is 5.66. The van der Waals surface area contributed by atoms with Crippen molar-refractivity contribution in [3.8, 4) is 0 Å². The van der Waals surface area contributed by atoms with Gasteiger partial charge >= 0.3 is 0 Å². The number of hydrogen-bond donors (Lipinski definition) is 2. The molecule has 0 saturated carbocycles. The third-order valence-corrected chi connectivity index (χ3v) is 5.12. The summed E-state index contributed by atoms with van der Waals surface area (Å²) >= 11 is 1.74. The number of hydrogen-bond acceptors (Lipinski definition) is 5. The molecular weight excluding hydrogens is 340 g/mol. The number of benzene rings is 2. The van der Waals surface area contributed by atoms with E-state index in [1.54, 1.807) is 11.3 Å². The SMILES string of the molecule is Cc1ccc(Nc2nc(NCc3cccs3)c3ccccc3n2)c(C)c1. The molecule has 2 N–H and O–H groups in total. The summed E-state index contributed by atoms with van der Waals surface area (Å²) in [4.78, 5) is 10.7. The highest BCUT2D eigenvalue weighted by molar-refractivity contribution is 7.09. The number of thiophene rings is 1. The zero-order chi connectivity index (χ0) is 17.9. The average molecular weight is 360 g/mol. The van der Waals surface area contributed by atoms with Crippen LogP contribution < -0.4 is 10.6 Å². The highest BCUT2D eigenvalue weighted by atomic mass is 32.1. The molecule has 2 aromatic heterocycles. The minimum absolute atomic E-state index is 0.601. The van der Waals surface area contributed by atoms with Gasteiger partial charge in [-0.2, -0.15) is 4.98 Å². The topological polar surface area (TPSA) is 49.8 Å². The lowest BCUT2D eigenvalue weighted by Gasteiger charge is -2.13. The summed E-state index contributed by atoms with van der Waals surface area (Å²) in [7, 11) is 0. The second kappa shape index (κ2) is 7.14. The van der Waals surface area contributed by atoms with Crippen LogP contribution in [0.25, 0.3) is 10.9 Å². The summed E-state index contributed by atoms with van der Waals surface area (Å²) in [5.74, 6) is 1.44. The van der Waals surface area contributed by atoms with E-state index in [1.165, 1.54) is 16.0 Å². The molecule has 5 heteroatoms. The maximum Gasteiger partial charge on any atom is 0.229 e. The Labute approximate surface area is 157 Å². The van der Waals surface area contributed by atoms with Crippen LogP contribution in [0.1, 0.15) is 16.0 Å². The van der Waals surface area contributed by atoms with Gasteiger partial charge < -0.3 is 10.6 Å². The number of rotatable bonds is 5. The van der Waals surface area contributed by atoms with E-state index in [4.69, 9.17) is 4.98 Å². The normalized spacial score (nSPS) is 10.8. The summed E-state index contributed by atoms with van der Waals surface area (Å²) < 4.78 is 0. The van der Waals surface area contributed by atoms with Gasteiger partial charge in [0, 0.05) is 16.0 Å². The van der Waals surface area contributed by atoms with E-state index < -0.39 is 0 Å². The van der Waals surface area contributed by atoms with Crippen LogP contribution in [0.2, 0.25) is 0 Å². The molecule has 0 fully saturated rings. The monoisotopic (exact) mass is 360 g/mol. The second-order valence-electron chi connectivity index (χ2n) is 6.29. The molecule has 4 rings (SSSR count). The number of fused-ring (bicyclic) bond motifs is 1. The van der Waals surface area contributed by atoms with Crippen LogP contribution in [0.15, 0.2) is 60.0 Å². The summed E-state index contributed by atoms with van der Waals surface area (Å²) in [5, 5.41) is 9.93. The minimum atomic E-state index is 0.601. The van der Waals surface area contributed by atoms with E-state index >= 15 is 0 Å². The third kappa shape index (κ3) is 3.53. The summed E-state index contributed by atoms with van der Waals surface area (Å²) in [6, 6.07) is 18.6. The zero-order valence-corrected chi connectivity index (χ0v) is 15.6. The Hall–Kier alpha value is -2.92. The van der Waals surface area contributed by atoms with E-state index in [9.17, 15) is 0 Å². The molecule has 0 radical (unpaired) electrons. The number of nitrogens with one attached hydrogen (secondary N) is 2. The summed E-state index contributed by atoms with van der Waals surface area (Å²) in [6.07, 6.45) is 0. The van der Waals surface area contributed by atoms with Gasteiger partial charge in [-0.25, -0.2) is 4.98 Å².